The largest absolute Gasteiger partial charge is 0.508 e. The van der Waals surface area contributed by atoms with E-state index in [0.29, 0.717) is 0 Å². The van der Waals surface area contributed by atoms with E-state index in [1.165, 1.54) is 18.2 Å². The second-order valence-corrected chi connectivity index (χ2v) is 3.04. The van der Waals surface area contributed by atoms with E-state index in [1.807, 2.05) is 0 Å². The molecule has 0 spiro atoms. The van der Waals surface area contributed by atoms with Gasteiger partial charge in [0.05, 0.1) is 1.37 Å². The minimum atomic E-state index is -2.90. The molecule has 1 atom stereocenters. The maximum atomic E-state index is 11.2. The van der Waals surface area contributed by atoms with E-state index in [2.05, 4.69) is 0 Å². The van der Waals surface area contributed by atoms with Crippen molar-refractivity contribution in [2.75, 3.05) is 0 Å². The molecule has 0 saturated heterocycles. The Morgan fingerprint density at radius 3 is 2.81 bits per heavy atom. The quantitative estimate of drug-likeness (QED) is 0.698. The number of rotatable bonds is 4. The number of phenols is 1. The SMILES string of the molecule is [2H]C([2H])(c1cccc(O)c1)[C@]([2H])(NC(C)=O)C(=O)O. The highest BCUT2D eigenvalue weighted by Gasteiger charge is 2.18. The third kappa shape index (κ3) is 3.61. The monoisotopic (exact) mass is 226 g/mol. The molecular weight excluding hydrogens is 210 g/mol. The number of amides is 1. The minimum absolute atomic E-state index is 0.223. The Bertz CT molecular complexity index is 520. The van der Waals surface area contributed by atoms with Gasteiger partial charge in [-0.3, -0.25) is 4.79 Å². The Morgan fingerprint density at radius 2 is 2.31 bits per heavy atom. The van der Waals surface area contributed by atoms with Crippen LogP contribution in [0.5, 0.6) is 5.75 Å². The maximum Gasteiger partial charge on any atom is 0.326 e. The molecule has 0 heterocycles. The molecule has 0 radical (unpaired) electrons. The van der Waals surface area contributed by atoms with Crippen LogP contribution in [0.25, 0.3) is 0 Å². The predicted molar refractivity (Wildman–Crippen MR) is 57.1 cm³/mol. The summed E-state index contributed by atoms with van der Waals surface area (Å²) in [4.78, 5) is 22.2. The number of carboxylic acid groups (broad SMARTS) is 1. The van der Waals surface area contributed by atoms with E-state index >= 15 is 0 Å². The van der Waals surface area contributed by atoms with Crippen LogP contribution in [0.3, 0.4) is 0 Å². The smallest absolute Gasteiger partial charge is 0.326 e. The molecule has 16 heavy (non-hydrogen) atoms. The van der Waals surface area contributed by atoms with Gasteiger partial charge in [0.25, 0.3) is 0 Å². The van der Waals surface area contributed by atoms with Gasteiger partial charge >= 0.3 is 5.97 Å². The van der Waals surface area contributed by atoms with Crippen molar-refractivity contribution in [1.29, 1.82) is 0 Å². The van der Waals surface area contributed by atoms with Crippen molar-refractivity contribution in [3.8, 4) is 5.75 Å². The third-order valence-electron chi connectivity index (χ3n) is 1.63. The van der Waals surface area contributed by atoms with Crippen molar-refractivity contribution in [3.05, 3.63) is 29.8 Å². The number of carbonyl (C=O) groups excluding carboxylic acids is 1. The van der Waals surface area contributed by atoms with Gasteiger partial charge in [0.2, 0.25) is 5.91 Å². The molecule has 1 aromatic carbocycles. The zero-order valence-corrected chi connectivity index (χ0v) is 8.52. The predicted octanol–water partition coefficient (Wildman–Crippen LogP) is 0.524. The van der Waals surface area contributed by atoms with E-state index in [9.17, 15) is 14.7 Å². The van der Waals surface area contributed by atoms with E-state index in [4.69, 9.17) is 9.22 Å². The van der Waals surface area contributed by atoms with Crippen LogP contribution < -0.4 is 5.32 Å². The lowest BCUT2D eigenvalue weighted by molar-refractivity contribution is -0.141. The van der Waals surface area contributed by atoms with E-state index in [-0.39, 0.29) is 11.3 Å². The van der Waals surface area contributed by atoms with E-state index in [0.717, 1.165) is 13.0 Å². The van der Waals surface area contributed by atoms with Crippen molar-refractivity contribution in [2.45, 2.75) is 19.3 Å². The normalized spacial score (nSPS) is 17.4. The Morgan fingerprint density at radius 1 is 1.62 bits per heavy atom. The zero-order valence-electron chi connectivity index (χ0n) is 11.5. The van der Waals surface area contributed by atoms with Crippen molar-refractivity contribution in [2.24, 2.45) is 0 Å². The molecule has 1 amide bonds. The lowest BCUT2D eigenvalue weighted by Crippen LogP contribution is -2.41. The second kappa shape index (κ2) is 5.16. The van der Waals surface area contributed by atoms with Crippen molar-refractivity contribution < 1.29 is 23.9 Å². The summed E-state index contributed by atoms with van der Waals surface area (Å²) in [7, 11) is 0. The molecule has 0 saturated carbocycles. The Kier molecular flexibility index (Phi) is 2.63. The summed E-state index contributed by atoms with van der Waals surface area (Å²) in [6.45, 7) is 0.991. The Labute approximate surface area is 96.9 Å². The van der Waals surface area contributed by atoms with Crippen molar-refractivity contribution >= 4 is 11.9 Å². The number of hydrogen-bond donors (Lipinski definition) is 3. The molecule has 0 aliphatic heterocycles. The number of benzene rings is 1. The van der Waals surface area contributed by atoms with Crippen LogP contribution in [0, 0.1) is 0 Å². The van der Waals surface area contributed by atoms with Crippen LogP contribution in [0.15, 0.2) is 24.3 Å². The molecule has 0 bridgehead atoms. The fourth-order valence-electron chi connectivity index (χ4n) is 1.04. The number of nitrogens with one attached hydrogen (secondary N) is 1. The molecule has 0 aromatic heterocycles. The first-order valence-electron chi connectivity index (χ1n) is 5.93. The molecule has 5 heteroatoms. The van der Waals surface area contributed by atoms with Gasteiger partial charge in [-0.25, -0.2) is 4.79 Å². The van der Waals surface area contributed by atoms with Crippen LogP contribution in [0.1, 0.15) is 16.6 Å². The van der Waals surface area contributed by atoms with Crippen molar-refractivity contribution in [1.82, 2.24) is 5.32 Å². The molecular formula is C11H13NO4. The fourth-order valence-corrected chi connectivity index (χ4v) is 1.04. The summed E-state index contributed by atoms with van der Waals surface area (Å²) < 4.78 is 23.4. The highest BCUT2D eigenvalue weighted by atomic mass is 16.4. The first-order chi connectivity index (χ1) is 8.61. The lowest BCUT2D eigenvalue weighted by atomic mass is 10.1. The molecule has 0 unspecified atom stereocenters. The third-order valence-corrected chi connectivity index (χ3v) is 1.63. The summed E-state index contributed by atoms with van der Waals surface area (Å²) in [6.07, 6.45) is -2.73. The number of hydrogen-bond acceptors (Lipinski definition) is 3. The van der Waals surface area contributed by atoms with Crippen LogP contribution in [-0.4, -0.2) is 28.1 Å². The van der Waals surface area contributed by atoms with Gasteiger partial charge in [0, 0.05) is 16.0 Å². The first-order valence-corrected chi connectivity index (χ1v) is 4.43. The molecule has 1 rings (SSSR count). The zero-order chi connectivity index (χ0) is 14.8. The highest BCUT2D eigenvalue weighted by Crippen LogP contribution is 2.12. The number of carboxylic acids is 1. The van der Waals surface area contributed by atoms with Gasteiger partial charge in [0.15, 0.2) is 0 Å². The Balaban J connectivity index is 3.35. The second-order valence-electron chi connectivity index (χ2n) is 3.04. The Hall–Kier alpha value is -2.04. The summed E-state index contributed by atoms with van der Waals surface area (Å²) in [5, 5.41) is 20.1. The number of phenolic OH excluding ortho intramolecular Hbond substituents is 1. The van der Waals surface area contributed by atoms with Crippen molar-refractivity contribution in [3.63, 3.8) is 0 Å². The molecule has 0 aliphatic carbocycles. The number of aliphatic carboxylic acids is 1. The van der Waals surface area contributed by atoms with Gasteiger partial charge in [-0.15, -0.1) is 0 Å². The molecule has 5 nitrogen and oxygen atoms in total. The first kappa shape index (κ1) is 8.15. The summed E-state index contributed by atoms with van der Waals surface area (Å²) in [6, 6.07) is 1.94. The highest BCUT2D eigenvalue weighted by molar-refractivity contribution is 5.82. The van der Waals surface area contributed by atoms with Crippen LogP contribution in [-0.2, 0) is 16.0 Å². The summed E-state index contributed by atoms with van der Waals surface area (Å²) in [5.74, 6) is -2.95. The number of aromatic hydroxyl groups is 1. The standard InChI is InChI=1S/C11H13NO4/c1-7(13)12-10(11(15)16)6-8-3-2-4-9(14)5-8/h2-5,10,14H,6H2,1H3,(H,12,13)(H,15,16)/t10-/m0/s1/i6D2,10D. The van der Waals surface area contributed by atoms with Gasteiger partial charge in [0.1, 0.15) is 11.8 Å². The fraction of sp³-hybridized carbons (Fsp3) is 0.273. The molecule has 3 N–H and O–H groups in total. The van der Waals surface area contributed by atoms with Crippen LogP contribution in [0.2, 0.25) is 0 Å². The molecule has 86 valence electrons. The van der Waals surface area contributed by atoms with Gasteiger partial charge in [-0.2, -0.15) is 0 Å². The van der Waals surface area contributed by atoms with Crippen LogP contribution in [0.4, 0.5) is 0 Å². The average molecular weight is 226 g/mol. The average Bonchev–Trinajstić information content (AvgIpc) is 2.27. The lowest BCUT2D eigenvalue weighted by Gasteiger charge is -2.13. The summed E-state index contributed by atoms with van der Waals surface area (Å²) >= 11 is 0. The maximum absolute atomic E-state index is 11.2. The van der Waals surface area contributed by atoms with Gasteiger partial charge in [-0.05, 0) is 17.7 Å². The van der Waals surface area contributed by atoms with E-state index < -0.39 is 24.3 Å². The minimum Gasteiger partial charge on any atom is -0.508 e. The molecule has 1 aromatic rings. The van der Waals surface area contributed by atoms with E-state index in [1.54, 1.807) is 5.32 Å². The molecule has 0 aliphatic rings. The van der Waals surface area contributed by atoms with Gasteiger partial charge < -0.3 is 15.5 Å². The summed E-state index contributed by atoms with van der Waals surface area (Å²) in [5.41, 5.74) is -0.223. The topological polar surface area (TPSA) is 86.6 Å². The number of carbonyl (C=O) groups is 2. The van der Waals surface area contributed by atoms with Gasteiger partial charge in [-0.1, -0.05) is 12.1 Å². The molecule has 0 fully saturated rings. The van der Waals surface area contributed by atoms with Crippen LogP contribution >= 0.6 is 0 Å².